The maximum Gasteiger partial charge on any atom is 0.322 e. The number of sulfone groups is 1. The molecule has 0 saturated heterocycles. The number of hydrogen-bond acceptors (Lipinski definition) is 5. The summed E-state index contributed by atoms with van der Waals surface area (Å²) < 4.78 is 48.5. The summed E-state index contributed by atoms with van der Waals surface area (Å²) in [5.74, 6) is -1.75. The zero-order valence-electron chi connectivity index (χ0n) is 13.9. The van der Waals surface area contributed by atoms with E-state index in [1.165, 1.54) is 13.8 Å². The van der Waals surface area contributed by atoms with Crippen molar-refractivity contribution in [1.82, 2.24) is 4.72 Å². The maximum atomic E-state index is 12.1. The van der Waals surface area contributed by atoms with E-state index >= 15 is 0 Å². The Bertz CT molecular complexity index is 769. The van der Waals surface area contributed by atoms with Gasteiger partial charge in [-0.1, -0.05) is 30.3 Å². The molecule has 0 aliphatic heterocycles. The van der Waals surface area contributed by atoms with Gasteiger partial charge < -0.3 is 5.11 Å². The Morgan fingerprint density at radius 3 is 2.17 bits per heavy atom. The lowest BCUT2D eigenvalue weighted by molar-refractivity contribution is -0.138. The van der Waals surface area contributed by atoms with Gasteiger partial charge in [-0.15, -0.1) is 0 Å². The molecule has 24 heavy (non-hydrogen) atoms. The van der Waals surface area contributed by atoms with Gasteiger partial charge in [-0.25, -0.2) is 21.6 Å². The number of carboxylic acids is 1. The highest BCUT2D eigenvalue weighted by Gasteiger charge is 2.33. The van der Waals surface area contributed by atoms with Gasteiger partial charge in [0.15, 0.2) is 9.84 Å². The van der Waals surface area contributed by atoms with Gasteiger partial charge in [-0.2, -0.15) is 0 Å². The van der Waals surface area contributed by atoms with Crippen molar-refractivity contribution in [3.05, 3.63) is 35.9 Å². The van der Waals surface area contributed by atoms with Gasteiger partial charge in [0, 0.05) is 6.26 Å². The number of hydrogen-bond donors (Lipinski definition) is 2. The van der Waals surface area contributed by atoms with Crippen LogP contribution in [0, 0.1) is 0 Å². The van der Waals surface area contributed by atoms with Crippen molar-refractivity contribution >= 4 is 25.8 Å². The normalized spacial score (nSPS) is 14.3. The Morgan fingerprint density at radius 1 is 1.17 bits per heavy atom. The number of rotatable bonds is 9. The van der Waals surface area contributed by atoms with Gasteiger partial charge in [-0.05, 0) is 32.3 Å². The molecule has 0 unspecified atom stereocenters. The smallest absolute Gasteiger partial charge is 0.322 e. The second kappa shape index (κ2) is 7.62. The molecule has 0 spiro atoms. The molecule has 0 amide bonds. The first-order chi connectivity index (χ1) is 10.8. The molecule has 1 rings (SSSR count). The molecule has 0 radical (unpaired) electrons. The molecule has 0 fully saturated rings. The standard InChI is InChI=1S/C15H23NO6S2/c1-15(2,23(3,19)20)9-10-24(21,22)16-13(14(17)18)11-12-7-5-4-6-8-12/h4-8,13,16H,9-11H2,1-3H3,(H,17,18)/t13-/m0/s1. The van der Waals surface area contributed by atoms with Crippen molar-refractivity contribution in [3.63, 3.8) is 0 Å². The zero-order valence-corrected chi connectivity index (χ0v) is 15.5. The van der Waals surface area contributed by atoms with Gasteiger partial charge in [0.25, 0.3) is 0 Å². The van der Waals surface area contributed by atoms with E-state index in [-0.39, 0.29) is 12.8 Å². The predicted octanol–water partition coefficient (Wildman–Crippen LogP) is 0.815. The lowest BCUT2D eigenvalue weighted by Gasteiger charge is -2.23. The van der Waals surface area contributed by atoms with E-state index in [1.807, 2.05) is 0 Å². The van der Waals surface area contributed by atoms with Crippen LogP contribution in [-0.2, 0) is 31.1 Å². The monoisotopic (exact) mass is 377 g/mol. The molecule has 0 aliphatic carbocycles. The molecule has 0 aromatic heterocycles. The SMILES string of the molecule is CC(C)(CCS(=O)(=O)N[C@@H](Cc1ccccc1)C(=O)O)S(C)(=O)=O. The minimum atomic E-state index is -3.93. The van der Waals surface area contributed by atoms with Crippen molar-refractivity contribution in [2.24, 2.45) is 0 Å². The Labute approximate surface area is 143 Å². The van der Waals surface area contributed by atoms with Gasteiger partial charge >= 0.3 is 5.97 Å². The lowest BCUT2D eigenvalue weighted by atomic mass is 10.1. The molecule has 9 heteroatoms. The van der Waals surface area contributed by atoms with Crippen LogP contribution in [0.2, 0.25) is 0 Å². The average Bonchev–Trinajstić information content (AvgIpc) is 2.44. The third-order valence-corrected chi connectivity index (χ3v) is 7.48. The van der Waals surface area contributed by atoms with Crippen LogP contribution in [0.4, 0.5) is 0 Å². The fraction of sp³-hybridized carbons (Fsp3) is 0.533. The number of benzene rings is 1. The third kappa shape index (κ3) is 6.21. The molecule has 1 aromatic carbocycles. The second-order valence-corrected chi connectivity index (χ2v) is 10.8. The van der Waals surface area contributed by atoms with Gasteiger partial charge in [0.1, 0.15) is 6.04 Å². The maximum absolute atomic E-state index is 12.1. The Kier molecular flexibility index (Phi) is 6.54. The predicted molar refractivity (Wildman–Crippen MR) is 92.0 cm³/mol. The molecule has 2 N–H and O–H groups in total. The van der Waals surface area contributed by atoms with Crippen molar-refractivity contribution in [2.45, 2.75) is 37.5 Å². The number of carbonyl (C=O) groups is 1. The zero-order chi connectivity index (χ0) is 18.6. The summed E-state index contributed by atoms with van der Waals surface area (Å²) >= 11 is 0. The fourth-order valence-corrected chi connectivity index (χ4v) is 3.99. The van der Waals surface area contributed by atoms with Crippen LogP contribution in [0.25, 0.3) is 0 Å². The van der Waals surface area contributed by atoms with Crippen LogP contribution in [-0.4, -0.2) is 50.7 Å². The summed E-state index contributed by atoms with van der Waals surface area (Å²) in [7, 11) is -7.36. The van der Waals surface area contributed by atoms with Crippen LogP contribution >= 0.6 is 0 Å². The average molecular weight is 377 g/mol. The highest BCUT2D eigenvalue weighted by Crippen LogP contribution is 2.20. The molecule has 1 atom stereocenters. The molecule has 0 bridgehead atoms. The van der Waals surface area contributed by atoms with E-state index < -0.39 is 42.4 Å². The first-order valence-electron chi connectivity index (χ1n) is 7.30. The van der Waals surface area contributed by atoms with Crippen molar-refractivity contribution < 1.29 is 26.7 Å². The Balaban J connectivity index is 2.80. The van der Waals surface area contributed by atoms with E-state index in [2.05, 4.69) is 4.72 Å². The first kappa shape index (κ1) is 20.6. The molecule has 0 saturated carbocycles. The van der Waals surface area contributed by atoms with E-state index in [1.54, 1.807) is 30.3 Å². The number of aliphatic carboxylic acids is 1. The molecule has 136 valence electrons. The molecule has 1 aromatic rings. The minimum Gasteiger partial charge on any atom is -0.480 e. The second-order valence-electron chi connectivity index (χ2n) is 6.30. The molecule has 0 heterocycles. The van der Waals surface area contributed by atoms with Gasteiger partial charge in [-0.3, -0.25) is 4.79 Å². The van der Waals surface area contributed by atoms with Crippen molar-refractivity contribution in [2.75, 3.05) is 12.0 Å². The van der Waals surface area contributed by atoms with Crippen LogP contribution in [0.15, 0.2) is 30.3 Å². The molecule has 7 nitrogen and oxygen atoms in total. The summed E-state index contributed by atoms with van der Waals surface area (Å²) in [4.78, 5) is 11.3. The summed E-state index contributed by atoms with van der Waals surface area (Å²) in [6.07, 6.45) is 0.923. The molecule has 0 aliphatic rings. The van der Waals surface area contributed by atoms with Crippen molar-refractivity contribution in [3.8, 4) is 0 Å². The minimum absolute atomic E-state index is 0.00483. The summed E-state index contributed by atoms with van der Waals surface area (Å²) in [5.41, 5.74) is 0.684. The van der Waals surface area contributed by atoms with E-state index in [0.717, 1.165) is 6.26 Å². The van der Waals surface area contributed by atoms with E-state index in [4.69, 9.17) is 0 Å². The van der Waals surface area contributed by atoms with Crippen LogP contribution in [0.5, 0.6) is 0 Å². The molecular formula is C15H23NO6S2. The van der Waals surface area contributed by atoms with Crippen LogP contribution < -0.4 is 4.72 Å². The van der Waals surface area contributed by atoms with E-state index in [0.29, 0.717) is 5.56 Å². The van der Waals surface area contributed by atoms with Crippen LogP contribution in [0.3, 0.4) is 0 Å². The fourth-order valence-electron chi connectivity index (χ4n) is 1.87. The third-order valence-electron chi connectivity index (χ3n) is 3.88. The van der Waals surface area contributed by atoms with Crippen molar-refractivity contribution in [1.29, 1.82) is 0 Å². The molecular weight excluding hydrogens is 354 g/mol. The summed E-state index contributed by atoms with van der Waals surface area (Å²) in [6.45, 7) is 2.88. The number of nitrogens with one attached hydrogen (secondary N) is 1. The van der Waals surface area contributed by atoms with Gasteiger partial charge in [0.2, 0.25) is 10.0 Å². The quantitative estimate of drug-likeness (QED) is 0.658. The largest absolute Gasteiger partial charge is 0.480 e. The van der Waals surface area contributed by atoms with Crippen LogP contribution in [0.1, 0.15) is 25.8 Å². The Morgan fingerprint density at radius 2 is 1.71 bits per heavy atom. The summed E-state index contributed by atoms with van der Waals surface area (Å²) in [5, 5.41) is 9.23. The number of sulfonamides is 1. The highest BCUT2D eigenvalue weighted by molar-refractivity contribution is 7.92. The number of carboxylic acid groups (broad SMARTS) is 1. The Hall–Kier alpha value is -1.45. The highest BCUT2D eigenvalue weighted by atomic mass is 32.2. The summed E-state index contributed by atoms with van der Waals surface area (Å²) in [6, 6.07) is 7.35. The first-order valence-corrected chi connectivity index (χ1v) is 10.8. The lowest BCUT2D eigenvalue weighted by Crippen LogP contribution is -2.44. The topological polar surface area (TPSA) is 118 Å². The van der Waals surface area contributed by atoms with E-state index in [9.17, 15) is 26.7 Å². The van der Waals surface area contributed by atoms with Gasteiger partial charge in [0.05, 0.1) is 10.5 Å².